The number of hydrogen-bond donors (Lipinski definition) is 2. The van der Waals surface area contributed by atoms with Crippen molar-refractivity contribution in [1.29, 1.82) is 0 Å². The van der Waals surface area contributed by atoms with Gasteiger partial charge in [-0.05, 0) is 12.8 Å². The van der Waals surface area contributed by atoms with Crippen LogP contribution in [0.15, 0.2) is 10.4 Å². The standard InChI is InChI=1S/C10H18N4S/c1-7(2)4-12-10(11)13-5-9-14-8(3)6-15-9/h6-7H,4-5H2,1-3H3,(H3,11,12,13). The predicted octanol–water partition coefficient (Wildman–Crippen LogP) is 1.51. The first kappa shape index (κ1) is 12.0. The van der Waals surface area contributed by atoms with Crippen LogP contribution >= 0.6 is 11.3 Å². The fourth-order valence-electron chi connectivity index (χ4n) is 0.993. The van der Waals surface area contributed by atoms with Crippen LogP contribution in [0, 0.1) is 12.8 Å². The van der Waals surface area contributed by atoms with E-state index < -0.39 is 0 Å². The van der Waals surface area contributed by atoms with Crippen LogP contribution in [-0.2, 0) is 6.54 Å². The number of hydrogen-bond acceptors (Lipinski definition) is 3. The van der Waals surface area contributed by atoms with Gasteiger partial charge in [0, 0.05) is 17.6 Å². The first-order chi connectivity index (χ1) is 7.08. The van der Waals surface area contributed by atoms with E-state index in [-0.39, 0.29) is 0 Å². The monoisotopic (exact) mass is 226 g/mol. The lowest BCUT2D eigenvalue weighted by molar-refractivity contribution is 0.622. The number of rotatable bonds is 4. The fraction of sp³-hybridized carbons (Fsp3) is 0.600. The molecule has 1 rings (SSSR count). The van der Waals surface area contributed by atoms with Crippen molar-refractivity contribution < 1.29 is 0 Å². The third kappa shape index (κ3) is 4.78. The van der Waals surface area contributed by atoms with Gasteiger partial charge in [-0.3, -0.25) is 0 Å². The molecule has 0 radical (unpaired) electrons. The van der Waals surface area contributed by atoms with E-state index in [1.165, 1.54) is 0 Å². The number of thiazole rings is 1. The SMILES string of the molecule is Cc1csc(CN=C(N)NCC(C)C)n1. The Hall–Kier alpha value is -1.10. The molecular weight excluding hydrogens is 208 g/mol. The van der Waals surface area contributed by atoms with Crippen LogP contribution in [0.4, 0.5) is 0 Å². The minimum Gasteiger partial charge on any atom is -0.370 e. The zero-order valence-corrected chi connectivity index (χ0v) is 10.3. The average molecular weight is 226 g/mol. The highest BCUT2D eigenvalue weighted by molar-refractivity contribution is 7.09. The summed E-state index contributed by atoms with van der Waals surface area (Å²) in [6.07, 6.45) is 0. The van der Waals surface area contributed by atoms with Gasteiger partial charge in [-0.2, -0.15) is 0 Å². The minimum absolute atomic E-state index is 0.497. The Morgan fingerprint density at radius 2 is 2.40 bits per heavy atom. The Kier molecular flexibility index (Phi) is 4.55. The summed E-state index contributed by atoms with van der Waals surface area (Å²) in [4.78, 5) is 8.52. The highest BCUT2D eigenvalue weighted by atomic mass is 32.1. The third-order valence-electron chi connectivity index (χ3n) is 1.74. The van der Waals surface area contributed by atoms with Gasteiger partial charge in [0.25, 0.3) is 0 Å². The van der Waals surface area contributed by atoms with Crippen molar-refractivity contribution in [2.45, 2.75) is 27.3 Å². The summed E-state index contributed by atoms with van der Waals surface area (Å²) in [5.74, 6) is 1.07. The van der Waals surface area contributed by atoms with Crippen molar-refractivity contribution in [2.75, 3.05) is 6.54 Å². The average Bonchev–Trinajstić information content (AvgIpc) is 2.58. The van der Waals surface area contributed by atoms with Crippen LogP contribution in [0.25, 0.3) is 0 Å². The van der Waals surface area contributed by atoms with Crippen molar-refractivity contribution in [1.82, 2.24) is 10.3 Å². The molecule has 0 fully saturated rings. The number of aromatic nitrogens is 1. The highest BCUT2D eigenvalue weighted by Crippen LogP contribution is 2.09. The molecule has 1 aromatic rings. The summed E-state index contributed by atoms with van der Waals surface area (Å²) >= 11 is 1.61. The van der Waals surface area contributed by atoms with Gasteiger partial charge < -0.3 is 11.1 Å². The second-order valence-corrected chi connectivity index (χ2v) is 4.80. The summed E-state index contributed by atoms with van der Waals surface area (Å²) in [5.41, 5.74) is 6.73. The van der Waals surface area contributed by atoms with E-state index in [2.05, 4.69) is 29.1 Å². The van der Waals surface area contributed by atoms with E-state index in [0.29, 0.717) is 18.4 Å². The van der Waals surface area contributed by atoms with Crippen molar-refractivity contribution in [3.63, 3.8) is 0 Å². The normalized spacial score (nSPS) is 12.1. The smallest absolute Gasteiger partial charge is 0.189 e. The molecule has 0 amide bonds. The topological polar surface area (TPSA) is 63.3 Å². The Balaban J connectivity index is 2.36. The van der Waals surface area contributed by atoms with Gasteiger partial charge in [0.05, 0.1) is 6.54 Å². The second-order valence-electron chi connectivity index (χ2n) is 3.86. The maximum atomic E-state index is 5.69. The van der Waals surface area contributed by atoms with Crippen LogP contribution in [0.1, 0.15) is 24.5 Å². The van der Waals surface area contributed by atoms with Crippen LogP contribution in [0.3, 0.4) is 0 Å². The first-order valence-corrected chi connectivity index (χ1v) is 5.90. The fourth-order valence-corrected chi connectivity index (χ4v) is 1.69. The minimum atomic E-state index is 0.497. The lowest BCUT2D eigenvalue weighted by Crippen LogP contribution is -2.34. The summed E-state index contributed by atoms with van der Waals surface area (Å²) in [7, 11) is 0. The van der Waals surface area contributed by atoms with Crippen molar-refractivity contribution >= 4 is 17.3 Å². The lowest BCUT2D eigenvalue weighted by atomic mass is 10.2. The molecule has 0 unspecified atom stereocenters. The molecule has 0 aliphatic heterocycles. The maximum Gasteiger partial charge on any atom is 0.189 e. The molecule has 15 heavy (non-hydrogen) atoms. The van der Waals surface area contributed by atoms with Crippen molar-refractivity contribution in [3.8, 4) is 0 Å². The number of aryl methyl sites for hydroxylation is 1. The molecular formula is C10H18N4S. The van der Waals surface area contributed by atoms with E-state index in [1.807, 2.05) is 12.3 Å². The van der Waals surface area contributed by atoms with Gasteiger partial charge in [0.1, 0.15) is 5.01 Å². The molecule has 0 saturated heterocycles. The zero-order valence-electron chi connectivity index (χ0n) is 9.45. The van der Waals surface area contributed by atoms with Crippen LogP contribution < -0.4 is 11.1 Å². The molecule has 0 aromatic carbocycles. The summed E-state index contributed by atoms with van der Waals surface area (Å²) in [5, 5.41) is 6.08. The molecule has 0 aliphatic rings. The van der Waals surface area contributed by atoms with Gasteiger partial charge >= 0.3 is 0 Å². The van der Waals surface area contributed by atoms with E-state index in [0.717, 1.165) is 17.2 Å². The molecule has 0 aliphatic carbocycles. The molecule has 1 aromatic heterocycles. The molecule has 4 nitrogen and oxygen atoms in total. The Morgan fingerprint density at radius 3 is 2.93 bits per heavy atom. The second kappa shape index (κ2) is 5.70. The summed E-state index contributed by atoms with van der Waals surface area (Å²) in [6.45, 7) is 7.65. The summed E-state index contributed by atoms with van der Waals surface area (Å²) < 4.78 is 0. The van der Waals surface area contributed by atoms with E-state index in [1.54, 1.807) is 11.3 Å². The van der Waals surface area contributed by atoms with Gasteiger partial charge in [0.15, 0.2) is 5.96 Å². The summed E-state index contributed by atoms with van der Waals surface area (Å²) in [6, 6.07) is 0. The maximum absolute atomic E-state index is 5.69. The first-order valence-electron chi connectivity index (χ1n) is 5.02. The van der Waals surface area contributed by atoms with E-state index in [9.17, 15) is 0 Å². The van der Waals surface area contributed by atoms with Crippen molar-refractivity contribution in [2.24, 2.45) is 16.6 Å². The molecule has 1 heterocycles. The van der Waals surface area contributed by atoms with Gasteiger partial charge in [0.2, 0.25) is 0 Å². The number of aliphatic imine (C=N–C) groups is 1. The Bertz CT molecular complexity index is 330. The van der Waals surface area contributed by atoms with Crippen LogP contribution in [0.2, 0.25) is 0 Å². The number of nitrogens with zero attached hydrogens (tertiary/aromatic N) is 2. The molecule has 84 valence electrons. The predicted molar refractivity (Wildman–Crippen MR) is 65.0 cm³/mol. The molecule has 0 bridgehead atoms. The highest BCUT2D eigenvalue weighted by Gasteiger charge is 1.98. The van der Waals surface area contributed by atoms with Crippen LogP contribution in [0.5, 0.6) is 0 Å². The van der Waals surface area contributed by atoms with Crippen molar-refractivity contribution in [3.05, 3.63) is 16.1 Å². The van der Waals surface area contributed by atoms with E-state index >= 15 is 0 Å². The zero-order chi connectivity index (χ0) is 11.3. The number of guanidine groups is 1. The number of nitrogens with one attached hydrogen (secondary N) is 1. The van der Waals surface area contributed by atoms with Crippen LogP contribution in [-0.4, -0.2) is 17.5 Å². The molecule has 0 saturated carbocycles. The quantitative estimate of drug-likeness (QED) is 0.604. The van der Waals surface area contributed by atoms with Gasteiger partial charge in [-0.25, -0.2) is 9.98 Å². The Morgan fingerprint density at radius 1 is 1.67 bits per heavy atom. The largest absolute Gasteiger partial charge is 0.370 e. The molecule has 5 heteroatoms. The molecule has 0 atom stereocenters. The molecule has 3 N–H and O–H groups in total. The van der Waals surface area contributed by atoms with Gasteiger partial charge in [-0.1, -0.05) is 13.8 Å². The third-order valence-corrected chi connectivity index (χ3v) is 2.69. The van der Waals surface area contributed by atoms with Gasteiger partial charge in [-0.15, -0.1) is 11.3 Å². The van der Waals surface area contributed by atoms with E-state index in [4.69, 9.17) is 5.73 Å². The lowest BCUT2D eigenvalue weighted by Gasteiger charge is -2.07. The molecule has 0 spiro atoms. The Labute approximate surface area is 94.6 Å². The number of nitrogens with two attached hydrogens (primary N) is 1.